The Balaban J connectivity index is 2.75. The summed E-state index contributed by atoms with van der Waals surface area (Å²) in [7, 11) is 1.53. The van der Waals surface area contributed by atoms with Crippen LogP contribution in [0.15, 0.2) is 0 Å². The van der Waals surface area contributed by atoms with Crippen LogP contribution in [0.3, 0.4) is 0 Å². The van der Waals surface area contributed by atoms with Crippen molar-refractivity contribution in [1.82, 2.24) is 4.90 Å². The van der Waals surface area contributed by atoms with Gasteiger partial charge in [0.2, 0.25) is 0 Å². The van der Waals surface area contributed by atoms with Gasteiger partial charge < -0.3 is 24.2 Å². The zero-order valence-electron chi connectivity index (χ0n) is 12.4. The van der Waals surface area contributed by atoms with Crippen molar-refractivity contribution in [2.45, 2.75) is 45.0 Å². The molecule has 7 nitrogen and oxygen atoms in total. The van der Waals surface area contributed by atoms with E-state index in [4.69, 9.17) is 19.3 Å². The molecule has 1 amide bonds. The first-order valence-corrected chi connectivity index (χ1v) is 6.58. The number of rotatable bonds is 2. The summed E-state index contributed by atoms with van der Waals surface area (Å²) in [6.45, 7) is 5.84. The normalized spacial score (nSPS) is 24.7. The second-order valence-electron chi connectivity index (χ2n) is 5.73. The van der Waals surface area contributed by atoms with Crippen LogP contribution in [-0.4, -0.2) is 66.7 Å². The highest BCUT2D eigenvalue weighted by Gasteiger charge is 2.31. The van der Waals surface area contributed by atoms with E-state index in [0.29, 0.717) is 13.0 Å². The molecule has 0 bridgehead atoms. The molecule has 0 aromatic rings. The third kappa shape index (κ3) is 5.34. The molecule has 0 spiro atoms. The fourth-order valence-corrected chi connectivity index (χ4v) is 1.78. The van der Waals surface area contributed by atoms with E-state index in [1.807, 2.05) is 0 Å². The summed E-state index contributed by atoms with van der Waals surface area (Å²) >= 11 is 0. The van der Waals surface area contributed by atoms with Crippen LogP contribution < -0.4 is 0 Å². The number of methoxy groups -OCH3 is 1. The van der Waals surface area contributed by atoms with E-state index in [0.717, 1.165) is 0 Å². The standard InChI is InChI=1S/C13H23NO6/c1-13(2,3)20-12(17)14-6-5-9(18-4)8-19-10(7-14)11(15)16/h9-10H,5-8H2,1-4H3,(H,15,16)/t9-,10+/m1/s1. The average Bonchev–Trinajstić information content (AvgIpc) is 2.26. The van der Waals surface area contributed by atoms with Gasteiger partial charge in [-0.2, -0.15) is 0 Å². The molecule has 1 heterocycles. The number of nitrogens with zero attached hydrogens (tertiary/aromatic N) is 1. The van der Waals surface area contributed by atoms with E-state index in [9.17, 15) is 9.59 Å². The molecule has 1 aliphatic heterocycles. The molecule has 1 N–H and O–H groups in total. The summed E-state index contributed by atoms with van der Waals surface area (Å²) < 4.78 is 15.7. The lowest BCUT2D eigenvalue weighted by Crippen LogP contribution is -2.48. The van der Waals surface area contributed by atoms with Crippen LogP contribution in [0.5, 0.6) is 0 Å². The Hall–Kier alpha value is -1.34. The molecule has 7 heteroatoms. The van der Waals surface area contributed by atoms with Gasteiger partial charge in [0.25, 0.3) is 0 Å². The van der Waals surface area contributed by atoms with Crippen molar-refractivity contribution in [3.05, 3.63) is 0 Å². The maximum atomic E-state index is 12.1. The van der Waals surface area contributed by atoms with E-state index in [1.165, 1.54) is 12.0 Å². The van der Waals surface area contributed by atoms with Crippen LogP contribution in [0, 0.1) is 0 Å². The molecule has 2 atom stereocenters. The molecule has 0 unspecified atom stereocenters. The number of carbonyl (C=O) groups excluding carboxylic acids is 1. The molecular weight excluding hydrogens is 266 g/mol. The maximum Gasteiger partial charge on any atom is 0.410 e. The highest BCUT2D eigenvalue weighted by molar-refractivity contribution is 5.74. The van der Waals surface area contributed by atoms with E-state index >= 15 is 0 Å². The van der Waals surface area contributed by atoms with Crippen molar-refractivity contribution in [3.63, 3.8) is 0 Å². The minimum absolute atomic E-state index is 0.0271. The summed E-state index contributed by atoms with van der Waals surface area (Å²) in [6.07, 6.45) is -1.27. The molecule has 1 fully saturated rings. The van der Waals surface area contributed by atoms with Gasteiger partial charge in [0.1, 0.15) is 5.60 Å². The lowest BCUT2D eigenvalue weighted by atomic mass is 10.2. The summed E-state index contributed by atoms with van der Waals surface area (Å²) in [5.41, 5.74) is -0.625. The predicted molar refractivity (Wildman–Crippen MR) is 70.6 cm³/mol. The zero-order chi connectivity index (χ0) is 15.3. The van der Waals surface area contributed by atoms with Crippen LogP contribution >= 0.6 is 0 Å². The number of carbonyl (C=O) groups is 2. The first kappa shape index (κ1) is 16.7. The third-order valence-electron chi connectivity index (χ3n) is 2.85. The van der Waals surface area contributed by atoms with E-state index < -0.39 is 23.8 Å². The Labute approximate surface area is 118 Å². The van der Waals surface area contributed by atoms with Gasteiger partial charge in [-0.15, -0.1) is 0 Å². The summed E-state index contributed by atoms with van der Waals surface area (Å²) in [5.74, 6) is -1.10. The largest absolute Gasteiger partial charge is 0.479 e. The summed E-state index contributed by atoms with van der Waals surface area (Å²) in [5, 5.41) is 9.10. The first-order valence-electron chi connectivity index (χ1n) is 6.58. The quantitative estimate of drug-likeness (QED) is 0.819. The Bertz CT molecular complexity index is 351. The minimum atomic E-state index is -1.10. The number of carboxylic acid groups (broad SMARTS) is 1. The summed E-state index contributed by atoms with van der Waals surface area (Å²) in [4.78, 5) is 24.5. The highest BCUT2D eigenvalue weighted by Crippen LogP contribution is 2.14. The molecule has 1 saturated heterocycles. The van der Waals surface area contributed by atoms with Crippen molar-refractivity contribution in [1.29, 1.82) is 0 Å². The lowest BCUT2D eigenvalue weighted by molar-refractivity contribution is -0.155. The van der Waals surface area contributed by atoms with Gasteiger partial charge >= 0.3 is 12.1 Å². The van der Waals surface area contributed by atoms with E-state index in [-0.39, 0.29) is 19.3 Å². The fraction of sp³-hybridized carbons (Fsp3) is 0.846. The van der Waals surface area contributed by atoms with Crippen molar-refractivity contribution in [2.24, 2.45) is 0 Å². The molecule has 0 saturated carbocycles. The van der Waals surface area contributed by atoms with Gasteiger partial charge in [-0.3, -0.25) is 0 Å². The fourth-order valence-electron chi connectivity index (χ4n) is 1.78. The minimum Gasteiger partial charge on any atom is -0.479 e. The Morgan fingerprint density at radius 2 is 2.00 bits per heavy atom. The predicted octanol–water partition coefficient (Wildman–Crippen LogP) is 1.11. The van der Waals surface area contributed by atoms with E-state index in [2.05, 4.69) is 0 Å². The Morgan fingerprint density at radius 3 is 2.50 bits per heavy atom. The Morgan fingerprint density at radius 1 is 1.35 bits per heavy atom. The Kier molecular flexibility index (Phi) is 5.76. The number of aliphatic carboxylic acids is 1. The topological polar surface area (TPSA) is 85.3 Å². The van der Waals surface area contributed by atoms with Gasteiger partial charge in [0, 0.05) is 13.7 Å². The molecule has 0 aromatic heterocycles. The molecule has 0 aliphatic carbocycles. The van der Waals surface area contributed by atoms with Crippen LogP contribution in [-0.2, 0) is 19.0 Å². The van der Waals surface area contributed by atoms with Crippen LogP contribution in [0.1, 0.15) is 27.2 Å². The van der Waals surface area contributed by atoms with Crippen molar-refractivity contribution in [2.75, 3.05) is 26.8 Å². The van der Waals surface area contributed by atoms with Crippen LogP contribution in [0.2, 0.25) is 0 Å². The van der Waals surface area contributed by atoms with Gasteiger partial charge in [-0.1, -0.05) is 0 Å². The molecule has 1 rings (SSSR count). The third-order valence-corrected chi connectivity index (χ3v) is 2.85. The number of hydrogen-bond acceptors (Lipinski definition) is 5. The molecule has 116 valence electrons. The smallest absolute Gasteiger partial charge is 0.410 e. The SMILES string of the molecule is CO[C@@H]1CCN(C(=O)OC(C)(C)C)C[C@@H](C(=O)O)OC1. The molecule has 1 aliphatic rings. The average molecular weight is 289 g/mol. The maximum absolute atomic E-state index is 12.1. The molecule has 0 aromatic carbocycles. The highest BCUT2D eigenvalue weighted by atomic mass is 16.6. The number of carboxylic acids is 1. The second-order valence-corrected chi connectivity index (χ2v) is 5.73. The van der Waals surface area contributed by atoms with Crippen LogP contribution in [0.25, 0.3) is 0 Å². The van der Waals surface area contributed by atoms with Gasteiger partial charge in [0.05, 0.1) is 19.3 Å². The monoisotopic (exact) mass is 289 g/mol. The lowest BCUT2D eigenvalue weighted by Gasteiger charge is -2.32. The number of hydrogen-bond donors (Lipinski definition) is 1. The van der Waals surface area contributed by atoms with Crippen molar-refractivity contribution in [3.8, 4) is 0 Å². The number of amides is 1. The van der Waals surface area contributed by atoms with Gasteiger partial charge in [0.15, 0.2) is 6.10 Å². The van der Waals surface area contributed by atoms with E-state index in [1.54, 1.807) is 20.8 Å². The summed E-state index contributed by atoms with van der Waals surface area (Å²) in [6, 6.07) is 0. The van der Waals surface area contributed by atoms with Crippen LogP contribution in [0.4, 0.5) is 4.79 Å². The molecular formula is C13H23NO6. The second kappa shape index (κ2) is 6.90. The number of ether oxygens (including phenoxy) is 3. The van der Waals surface area contributed by atoms with Crippen molar-refractivity contribution >= 4 is 12.1 Å². The zero-order valence-corrected chi connectivity index (χ0v) is 12.4. The van der Waals surface area contributed by atoms with Crippen molar-refractivity contribution < 1.29 is 28.9 Å². The molecule has 0 radical (unpaired) electrons. The van der Waals surface area contributed by atoms with Gasteiger partial charge in [-0.25, -0.2) is 9.59 Å². The van der Waals surface area contributed by atoms with Gasteiger partial charge in [-0.05, 0) is 27.2 Å². The molecule has 20 heavy (non-hydrogen) atoms. The first-order chi connectivity index (χ1) is 9.23.